The molecule has 5 aliphatic rings. The largest absolute Gasteiger partial charge is 0.335 e. The van der Waals surface area contributed by atoms with Gasteiger partial charge in [-0.05, 0) is 181 Å². The van der Waals surface area contributed by atoms with Crippen molar-refractivity contribution in [2.75, 3.05) is 14.7 Å². The molecule has 3 nitrogen and oxygen atoms in total. The lowest BCUT2D eigenvalue weighted by Crippen LogP contribution is -2.67. The molecular weight excluding hydrogens is 930 g/mol. The van der Waals surface area contributed by atoms with Crippen molar-refractivity contribution in [3.05, 3.63) is 173 Å². The molecule has 4 heteroatoms. The van der Waals surface area contributed by atoms with E-state index in [-0.39, 0.29) is 50.2 Å². The smallest absolute Gasteiger partial charge is 0.252 e. The molecule has 0 bridgehead atoms. The third-order valence-corrected chi connectivity index (χ3v) is 20.8. The van der Waals surface area contributed by atoms with Crippen LogP contribution in [0.1, 0.15) is 190 Å². The molecule has 396 valence electrons. The fourth-order valence-corrected chi connectivity index (χ4v) is 15.3. The molecule has 0 radical (unpaired) electrons. The van der Waals surface area contributed by atoms with Gasteiger partial charge in [-0.1, -0.05) is 202 Å². The Bertz CT molecular complexity index is 3500. The molecule has 7 aromatic rings. The third-order valence-electron chi connectivity index (χ3n) is 20.8. The summed E-state index contributed by atoms with van der Waals surface area (Å²) in [6.45, 7) is 41.6. The summed E-state index contributed by atoms with van der Waals surface area (Å²) in [5.41, 5.74) is 25.1. The SMILES string of the molecule is CC(C)(C)c1ccc(N2c3cc(N4c5ccccc5C(C)(C)C5(C)CCCCC45C)ccc3B3c4cc5c(cc4N(c4ccc(C(C)(C)C)cc4-c4ccccc4)c4cc(C(C)(C)C)cc2c43)C(C)(C)CCC5(C)C)cc1. The van der Waals surface area contributed by atoms with Crippen molar-refractivity contribution in [3.63, 3.8) is 0 Å². The highest BCUT2D eigenvalue weighted by atomic mass is 15.3. The van der Waals surface area contributed by atoms with Gasteiger partial charge in [0.25, 0.3) is 6.71 Å². The van der Waals surface area contributed by atoms with E-state index in [1.165, 1.54) is 126 Å². The topological polar surface area (TPSA) is 9.72 Å². The van der Waals surface area contributed by atoms with E-state index < -0.39 is 0 Å². The van der Waals surface area contributed by atoms with Gasteiger partial charge < -0.3 is 14.7 Å². The fraction of sp³-hybridized carbons (Fsp3) is 0.425. The second-order valence-corrected chi connectivity index (χ2v) is 29.7. The molecule has 2 unspecified atom stereocenters. The molecule has 3 aliphatic heterocycles. The maximum atomic E-state index is 2.82. The summed E-state index contributed by atoms with van der Waals surface area (Å²) < 4.78 is 0. The minimum atomic E-state index is -0.151. The van der Waals surface area contributed by atoms with Crippen LogP contribution in [0.2, 0.25) is 0 Å². The van der Waals surface area contributed by atoms with Gasteiger partial charge in [0.1, 0.15) is 0 Å². The van der Waals surface area contributed by atoms with Crippen LogP contribution < -0.4 is 31.1 Å². The van der Waals surface area contributed by atoms with Crippen LogP contribution >= 0.6 is 0 Å². The zero-order valence-corrected chi connectivity index (χ0v) is 49.9. The lowest BCUT2D eigenvalue weighted by atomic mass is 9.33. The highest BCUT2D eigenvalue weighted by molar-refractivity contribution is 7.00. The molecule has 0 amide bonds. The highest BCUT2D eigenvalue weighted by Crippen LogP contribution is 2.65. The lowest BCUT2D eigenvalue weighted by Gasteiger charge is -2.66. The number of anilines is 8. The van der Waals surface area contributed by atoms with Crippen molar-refractivity contribution in [1.29, 1.82) is 0 Å². The molecule has 0 aromatic heterocycles. The maximum Gasteiger partial charge on any atom is 0.252 e. The van der Waals surface area contributed by atoms with E-state index in [0.717, 1.165) is 19.3 Å². The Morgan fingerprint density at radius 2 is 0.961 bits per heavy atom. The highest BCUT2D eigenvalue weighted by Gasteiger charge is 2.62. The first-order chi connectivity index (χ1) is 36.1. The summed E-state index contributed by atoms with van der Waals surface area (Å²) in [4.78, 5) is 8.24. The van der Waals surface area contributed by atoms with Gasteiger partial charge in [0.05, 0.1) is 5.69 Å². The number of para-hydroxylation sites is 1. The van der Waals surface area contributed by atoms with E-state index in [0.29, 0.717) is 0 Å². The Morgan fingerprint density at radius 3 is 1.61 bits per heavy atom. The number of hydrogen-bond acceptors (Lipinski definition) is 3. The average Bonchev–Trinajstić information content (AvgIpc) is 3.55. The molecule has 2 aliphatic carbocycles. The Hall–Kier alpha value is -6.00. The summed E-state index contributed by atoms with van der Waals surface area (Å²) in [6, 6.07) is 55.9. The quantitative estimate of drug-likeness (QED) is 0.163. The van der Waals surface area contributed by atoms with Crippen LogP contribution in [0.4, 0.5) is 45.5 Å². The minimum absolute atomic E-state index is 0.00436. The number of benzene rings is 7. The Balaban J connectivity index is 1.21. The second-order valence-electron chi connectivity index (χ2n) is 29.7. The van der Waals surface area contributed by atoms with Crippen molar-refractivity contribution in [3.8, 4) is 11.1 Å². The molecule has 0 saturated heterocycles. The molecule has 0 N–H and O–H groups in total. The normalized spacial score (nSPS) is 21.8. The number of hydrogen-bond donors (Lipinski definition) is 0. The van der Waals surface area contributed by atoms with Crippen molar-refractivity contribution < 1.29 is 0 Å². The van der Waals surface area contributed by atoms with Crippen LogP contribution in [0.5, 0.6) is 0 Å². The molecule has 2 atom stereocenters. The summed E-state index contributed by atoms with van der Waals surface area (Å²) in [5.74, 6) is 0. The Morgan fingerprint density at radius 1 is 0.403 bits per heavy atom. The summed E-state index contributed by atoms with van der Waals surface area (Å²) in [5, 5.41) is 0. The van der Waals surface area contributed by atoms with E-state index in [1.54, 1.807) is 0 Å². The van der Waals surface area contributed by atoms with Crippen LogP contribution in [0.15, 0.2) is 140 Å². The number of rotatable bonds is 4. The molecule has 1 fully saturated rings. The molecule has 12 rings (SSSR count). The van der Waals surface area contributed by atoms with Gasteiger partial charge in [-0.15, -0.1) is 0 Å². The van der Waals surface area contributed by atoms with Crippen molar-refractivity contribution in [1.82, 2.24) is 0 Å². The van der Waals surface area contributed by atoms with Crippen molar-refractivity contribution in [2.24, 2.45) is 5.41 Å². The summed E-state index contributed by atoms with van der Waals surface area (Å²) in [6.07, 6.45) is 7.19. The molecule has 0 spiro atoms. The molecular formula is C73H86BN3. The minimum Gasteiger partial charge on any atom is -0.335 e. The van der Waals surface area contributed by atoms with Crippen LogP contribution in [0, 0.1) is 5.41 Å². The predicted molar refractivity (Wildman–Crippen MR) is 334 cm³/mol. The van der Waals surface area contributed by atoms with E-state index in [4.69, 9.17) is 0 Å². The van der Waals surface area contributed by atoms with Crippen LogP contribution in [-0.2, 0) is 32.5 Å². The molecule has 3 heterocycles. The average molecular weight is 1020 g/mol. The number of fused-ring (bicyclic) bond motifs is 7. The van der Waals surface area contributed by atoms with E-state index >= 15 is 0 Å². The van der Waals surface area contributed by atoms with Gasteiger partial charge >= 0.3 is 0 Å². The Kier molecular flexibility index (Phi) is 11.4. The standard InChI is InChI=1S/C73H86BN3/c1-66(2,3)48-29-32-51(33-30-48)75-61-44-52(77-60-28-22-21-27-54(60)71(14,15)72(16)37-23-24-38-73(72,77)17)34-35-57(61)74-58-45-55-56(70(12,13)40-39-69(55,10)11)46-62(58)76(64-43-50(68(7,8)9)42-63(75)65(64)74)59-36-31-49(67(4,5)6)41-53(59)47-25-19-18-20-26-47/h18-22,25-36,41-46H,23-24,37-40H2,1-17H3. The van der Waals surface area contributed by atoms with Gasteiger partial charge in [0.15, 0.2) is 0 Å². The van der Waals surface area contributed by atoms with E-state index in [1.807, 2.05) is 0 Å². The Labute approximate surface area is 464 Å². The van der Waals surface area contributed by atoms with Gasteiger partial charge in [-0.3, -0.25) is 0 Å². The summed E-state index contributed by atoms with van der Waals surface area (Å²) >= 11 is 0. The first-order valence-corrected chi connectivity index (χ1v) is 29.4. The van der Waals surface area contributed by atoms with Crippen molar-refractivity contribution in [2.45, 2.75) is 194 Å². The lowest BCUT2D eigenvalue weighted by molar-refractivity contribution is 0.0106. The predicted octanol–water partition coefficient (Wildman–Crippen LogP) is 18.4. The zero-order chi connectivity index (χ0) is 54.8. The first kappa shape index (κ1) is 51.7. The third kappa shape index (κ3) is 7.70. The van der Waals surface area contributed by atoms with E-state index in [9.17, 15) is 0 Å². The van der Waals surface area contributed by atoms with Gasteiger partial charge in [-0.25, -0.2) is 0 Å². The second kappa shape index (κ2) is 17.0. The van der Waals surface area contributed by atoms with Gasteiger partial charge in [0, 0.05) is 56.3 Å². The molecule has 1 saturated carbocycles. The molecule has 77 heavy (non-hydrogen) atoms. The van der Waals surface area contributed by atoms with Crippen molar-refractivity contribution >= 4 is 68.6 Å². The van der Waals surface area contributed by atoms with Crippen LogP contribution in [-0.4, -0.2) is 12.3 Å². The molecule has 7 aromatic carbocycles. The van der Waals surface area contributed by atoms with Gasteiger partial charge in [0.2, 0.25) is 0 Å². The van der Waals surface area contributed by atoms with Crippen LogP contribution in [0.3, 0.4) is 0 Å². The summed E-state index contributed by atoms with van der Waals surface area (Å²) in [7, 11) is 0. The number of nitrogens with zero attached hydrogens (tertiary/aromatic N) is 3. The van der Waals surface area contributed by atoms with Crippen LogP contribution in [0.25, 0.3) is 11.1 Å². The van der Waals surface area contributed by atoms with Gasteiger partial charge in [-0.2, -0.15) is 0 Å². The van der Waals surface area contributed by atoms with E-state index in [2.05, 4.69) is 272 Å². The maximum absolute atomic E-state index is 2.82. The fourth-order valence-electron chi connectivity index (χ4n) is 15.3. The zero-order valence-electron chi connectivity index (χ0n) is 49.9. The first-order valence-electron chi connectivity index (χ1n) is 29.4. The monoisotopic (exact) mass is 1020 g/mol.